The molecule has 1 aromatic heterocycles. The molecule has 1 aliphatic rings. The van der Waals surface area contributed by atoms with Crippen LogP contribution in [-0.2, 0) is 11.3 Å². The van der Waals surface area contributed by atoms with Crippen molar-refractivity contribution >= 4 is 5.91 Å². The molecule has 1 saturated heterocycles. The molecular formula is C13H22N4O2. The highest BCUT2D eigenvalue weighted by molar-refractivity contribution is 5.78. The largest absolute Gasteiger partial charge is 0.361 e. The van der Waals surface area contributed by atoms with E-state index in [2.05, 4.69) is 15.4 Å². The van der Waals surface area contributed by atoms with E-state index in [1.165, 1.54) is 5.56 Å². The third-order valence-electron chi connectivity index (χ3n) is 3.62. The Balaban J connectivity index is 1.85. The van der Waals surface area contributed by atoms with Crippen LogP contribution in [0.15, 0.2) is 4.52 Å². The smallest absolute Gasteiger partial charge is 0.236 e. The maximum absolute atomic E-state index is 11.7. The van der Waals surface area contributed by atoms with Crippen LogP contribution < -0.4 is 5.32 Å². The van der Waals surface area contributed by atoms with Gasteiger partial charge in [-0.15, -0.1) is 0 Å². The number of carbonyl (C=O) groups is 1. The third-order valence-corrected chi connectivity index (χ3v) is 3.62. The number of nitrogens with zero attached hydrogens (tertiary/aromatic N) is 3. The minimum Gasteiger partial charge on any atom is -0.361 e. The van der Waals surface area contributed by atoms with Crippen molar-refractivity contribution in [2.45, 2.75) is 20.4 Å². The van der Waals surface area contributed by atoms with Crippen LogP contribution in [0.1, 0.15) is 17.0 Å². The van der Waals surface area contributed by atoms with E-state index in [4.69, 9.17) is 4.52 Å². The van der Waals surface area contributed by atoms with Crippen LogP contribution in [0, 0.1) is 13.8 Å². The summed E-state index contributed by atoms with van der Waals surface area (Å²) >= 11 is 0. The lowest BCUT2D eigenvalue weighted by molar-refractivity contribution is -0.131. The van der Waals surface area contributed by atoms with Crippen LogP contribution in [-0.4, -0.2) is 60.6 Å². The summed E-state index contributed by atoms with van der Waals surface area (Å²) in [6, 6.07) is 0. The summed E-state index contributed by atoms with van der Waals surface area (Å²) in [4.78, 5) is 16.0. The van der Waals surface area contributed by atoms with E-state index in [1.807, 2.05) is 18.7 Å². The lowest BCUT2D eigenvalue weighted by atomic mass is 10.2. The number of hydrogen-bond donors (Lipinski definition) is 1. The molecule has 0 atom stereocenters. The van der Waals surface area contributed by atoms with Gasteiger partial charge >= 0.3 is 0 Å². The number of amides is 1. The van der Waals surface area contributed by atoms with E-state index in [9.17, 15) is 4.79 Å². The number of carbonyl (C=O) groups excluding carboxylic acids is 1. The van der Waals surface area contributed by atoms with E-state index in [0.717, 1.165) is 44.2 Å². The molecule has 1 amide bonds. The SMILES string of the molecule is CNCC(=O)N1CCN(Cc2c(C)noc2C)CC1. The Hall–Kier alpha value is -1.40. The van der Waals surface area contributed by atoms with Gasteiger partial charge in [0.15, 0.2) is 0 Å². The molecule has 0 aliphatic carbocycles. The second-order valence-electron chi connectivity index (χ2n) is 4.99. The van der Waals surface area contributed by atoms with E-state index in [1.54, 1.807) is 7.05 Å². The van der Waals surface area contributed by atoms with Crippen molar-refractivity contribution in [1.29, 1.82) is 0 Å². The second-order valence-corrected chi connectivity index (χ2v) is 4.99. The van der Waals surface area contributed by atoms with Gasteiger partial charge in [-0.3, -0.25) is 9.69 Å². The highest BCUT2D eigenvalue weighted by Crippen LogP contribution is 2.16. The first-order valence-electron chi connectivity index (χ1n) is 6.68. The summed E-state index contributed by atoms with van der Waals surface area (Å²) in [6.45, 7) is 8.59. The van der Waals surface area contributed by atoms with Gasteiger partial charge in [-0.2, -0.15) is 0 Å². The average molecular weight is 266 g/mol. The normalized spacial score (nSPS) is 16.9. The highest BCUT2D eigenvalue weighted by atomic mass is 16.5. The van der Waals surface area contributed by atoms with Gasteiger partial charge in [0.1, 0.15) is 5.76 Å². The van der Waals surface area contributed by atoms with Crippen LogP contribution in [0.25, 0.3) is 0 Å². The van der Waals surface area contributed by atoms with Crippen LogP contribution in [0.2, 0.25) is 0 Å². The third kappa shape index (κ3) is 3.33. The summed E-state index contributed by atoms with van der Waals surface area (Å²) in [7, 11) is 1.80. The number of rotatable bonds is 4. The molecule has 0 radical (unpaired) electrons. The molecule has 1 fully saturated rings. The Morgan fingerprint density at radius 1 is 1.32 bits per heavy atom. The summed E-state index contributed by atoms with van der Waals surface area (Å²) in [6.07, 6.45) is 0. The molecule has 19 heavy (non-hydrogen) atoms. The van der Waals surface area contributed by atoms with Crippen molar-refractivity contribution in [3.8, 4) is 0 Å². The van der Waals surface area contributed by atoms with Crippen molar-refractivity contribution in [1.82, 2.24) is 20.3 Å². The fourth-order valence-electron chi connectivity index (χ4n) is 2.37. The molecule has 0 bridgehead atoms. The first kappa shape index (κ1) is 14.0. The summed E-state index contributed by atoms with van der Waals surface area (Å²) in [5, 5.41) is 6.88. The van der Waals surface area contributed by atoms with E-state index in [-0.39, 0.29) is 5.91 Å². The molecule has 6 heteroatoms. The van der Waals surface area contributed by atoms with Gasteiger partial charge in [0, 0.05) is 38.3 Å². The Kier molecular flexibility index (Phi) is 4.55. The molecule has 1 aliphatic heterocycles. The monoisotopic (exact) mass is 266 g/mol. The van der Waals surface area contributed by atoms with Gasteiger partial charge in [-0.05, 0) is 20.9 Å². The average Bonchev–Trinajstić information content (AvgIpc) is 2.72. The zero-order valence-corrected chi connectivity index (χ0v) is 11.9. The molecule has 1 N–H and O–H groups in total. The Morgan fingerprint density at radius 2 is 2.00 bits per heavy atom. The first-order chi connectivity index (χ1) is 9.11. The number of hydrogen-bond acceptors (Lipinski definition) is 5. The predicted molar refractivity (Wildman–Crippen MR) is 71.8 cm³/mol. The molecule has 1 aromatic rings. The Bertz CT molecular complexity index is 416. The number of nitrogens with one attached hydrogen (secondary N) is 1. The van der Waals surface area contributed by atoms with Crippen molar-refractivity contribution in [2.75, 3.05) is 39.8 Å². The number of likely N-dealkylation sites (N-methyl/N-ethyl adjacent to an activating group) is 1. The van der Waals surface area contributed by atoms with Gasteiger partial charge in [0.2, 0.25) is 5.91 Å². The second kappa shape index (κ2) is 6.16. The molecular weight excluding hydrogens is 244 g/mol. The van der Waals surface area contributed by atoms with Crippen molar-refractivity contribution in [3.05, 3.63) is 17.0 Å². The highest BCUT2D eigenvalue weighted by Gasteiger charge is 2.22. The summed E-state index contributed by atoms with van der Waals surface area (Å²) in [5.74, 6) is 1.07. The maximum Gasteiger partial charge on any atom is 0.236 e. The zero-order chi connectivity index (χ0) is 13.8. The molecule has 106 valence electrons. The first-order valence-corrected chi connectivity index (χ1v) is 6.68. The van der Waals surface area contributed by atoms with E-state index in [0.29, 0.717) is 6.54 Å². The topological polar surface area (TPSA) is 61.6 Å². The molecule has 6 nitrogen and oxygen atoms in total. The minimum atomic E-state index is 0.180. The maximum atomic E-state index is 11.7. The molecule has 2 heterocycles. The lowest BCUT2D eigenvalue weighted by Gasteiger charge is -2.34. The molecule has 0 spiro atoms. The van der Waals surface area contributed by atoms with Crippen molar-refractivity contribution in [2.24, 2.45) is 0 Å². The van der Waals surface area contributed by atoms with E-state index < -0.39 is 0 Å². The van der Waals surface area contributed by atoms with E-state index >= 15 is 0 Å². The van der Waals surface area contributed by atoms with Gasteiger partial charge in [0.05, 0.1) is 12.2 Å². The van der Waals surface area contributed by atoms with Gasteiger partial charge in [-0.25, -0.2) is 0 Å². The Labute approximate surface area is 113 Å². The fourth-order valence-corrected chi connectivity index (χ4v) is 2.37. The molecule has 0 unspecified atom stereocenters. The molecule has 2 rings (SSSR count). The lowest BCUT2D eigenvalue weighted by Crippen LogP contribution is -2.50. The summed E-state index contributed by atoms with van der Waals surface area (Å²) < 4.78 is 5.18. The quantitative estimate of drug-likeness (QED) is 0.841. The predicted octanol–water partition coefficient (Wildman–Crippen LogP) is 0.155. The van der Waals surface area contributed by atoms with Crippen LogP contribution >= 0.6 is 0 Å². The minimum absolute atomic E-state index is 0.180. The number of piperazine rings is 1. The van der Waals surface area contributed by atoms with Gasteiger partial charge in [-0.1, -0.05) is 5.16 Å². The zero-order valence-electron chi connectivity index (χ0n) is 11.9. The van der Waals surface area contributed by atoms with Gasteiger partial charge in [0.25, 0.3) is 0 Å². The van der Waals surface area contributed by atoms with Crippen LogP contribution in [0.5, 0.6) is 0 Å². The standard InChI is InChI=1S/C13H22N4O2/c1-10-12(11(2)19-15-10)9-16-4-6-17(7-5-16)13(18)8-14-3/h14H,4-9H2,1-3H3. The molecule has 0 aromatic carbocycles. The summed E-state index contributed by atoms with van der Waals surface area (Å²) in [5.41, 5.74) is 2.14. The number of aromatic nitrogens is 1. The van der Waals surface area contributed by atoms with Crippen molar-refractivity contribution in [3.63, 3.8) is 0 Å². The fraction of sp³-hybridized carbons (Fsp3) is 0.692. The Morgan fingerprint density at radius 3 is 2.53 bits per heavy atom. The van der Waals surface area contributed by atoms with Gasteiger partial charge < -0.3 is 14.7 Å². The van der Waals surface area contributed by atoms with Crippen LogP contribution in [0.3, 0.4) is 0 Å². The van der Waals surface area contributed by atoms with Crippen LogP contribution in [0.4, 0.5) is 0 Å². The molecule has 0 saturated carbocycles. The number of aryl methyl sites for hydroxylation is 2. The van der Waals surface area contributed by atoms with Crippen molar-refractivity contribution < 1.29 is 9.32 Å².